The molecular weight excluding hydrogens is 392 g/mol. The van der Waals surface area contributed by atoms with Crippen molar-refractivity contribution in [3.05, 3.63) is 23.0 Å². The maximum atomic E-state index is 12.7. The van der Waals surface area contributed by atoms with Crippen LogP contribution in [0.25, 0.3) is 10.9 Å². The van der Waals surface area contributed by atoms with Crippen LogP contribution in [0.2, 0.25) is 5.15 Å². The Hall–Kier alpha value is -2.28. The fourth-order valence-corrected chi connectivity index (χ4v) is 4.31. The van der Waals surface area contributed by atoms with Gasteiger partial charge in [-0.3, -0.25) is 9.59 Å². The van der Waals surface area contributed by atoms with E-state index in [4.69, 9.17) is 16.3 Å². The number of nitrogens with zero attached hydrogens (tertiary/aromatic N) is 2. The molecule has 2 aliphatic carbocycles. The van der Waals surface area contributed by atoms with Crippen LogP contribution in [0.15, 0.2) is 12.1 Å². The van der Waals surface area contributed by atoms with Crippen molar-refractivity contribution < 1.29 is 14.3 Å². The molecule has 1 atom stereocenters. The van der Waals surface area contributed by atoms with Crippen LogP contribution in [0.5, 0.6) is 5.88 Å². The molecule has 1 spiro atoms. The van der Waals surface area contributed by atoms with Gasteiger partial charge in [0.15, 0.2) is 0 Å². The molecule has 1 aliphatic heterocycles. The second-order valence-electron chi connectivity index (χ2n) is 8.74. The first-order chi connectivity index (χ1) is 13.9. The molecule has 0 radical (unpaired) electrons. The van der Waals surface area contributed by atoms with Crippen molar-refractivity contribution in [3.63, 3.8) is 0 Å². The normalized spacial score (nSPS) is 21.2. The van der Waals surface area contributed by atoms with Gasteiger partial charge in [-0.05, 0) is 63.0 Å². The van der Waals surface area contributed by atoms with Crippen molar-refractivity contribution in [2.75, 3.05) is 13.1 Å². The van der Waals surface area contributed by atoms with Gasteiger partial charge in [-0.25, -0.2) is 0 Å². The molecule has 2 aromatic heterocycles. The van der Waals surface area contributed by atoms with Crippen LogP contribution >= 0.6 is 11.6 Å². The molecule has 3 fully saturated rings. The molecule has 3 aliphatic rings. The Labute approximate surface area is 174 Å². The van der Waals surface area contributed by atoms with Gasteiger partial charge in [0, 0.05) is 18.5 Å². The Bertz CT molecular complexity index is 970. The van der Waals surface area contributed by atoms with Gasteiger partial charge >= 0.3 is 0 Å². The molecule has 29 heavy (non-hydrogen) atoms. The minimum atomic E-state index is -0.578. The lowest BCUT2D eigenvalue weighted by Gasteiger charge is -2.33. The van der Waals surface area contributed by atoms with Gasteiger partial charge in [-0.1, -0.05) is 11.6 Å². The lowest BCUT2D eigenvalue weighted by Crippen LogP contribution is -2.49. The van der Waals surface area contributed by atoms with E-state index >= 15 is 0 Å². The number of carbonyl (C=O) groups excluding carboxylic acids is 2. The van der Waals surface area contributed by atoms with E-state index in [0.29, 0.717) is 27.7 Å². The van der Waals surface area contributed by atoms with E-state index < -0.39 is 6.04 Å². The third kappa shape index (κ3) is 3.80. The highest BCUT2D eigenvalue weighted by molar-refractivity contribution is 6.30. The average Bonchev–Trinajstić information content (AvgIpc) is 3.61. The van der Waals surface area contributed by atoms with Crippen molar-refractivity contribution in [1.29, 1.82) is 0 Å². The molecule has 7 nitrogen and oxygen atoms in total. The maximum absolute atomic E-state index is 12.7. The molecule has 3 heterocycles. The summed E-state index contributed by atoms with van der Waals surface area (Å²) >= 11 is 6.10. The zero-order chi connectivity index (χ0) is 20.2. The van der Waals surface area contributed by atoms with E-state index in [2.05, 4.69) is 15.3 Å². The summed E-state index contributed by atoms with van der Waals surface area (Å²) in [5.74, 6) is 0.0686. The standard InChI is InChI=1S/C21H25ClN4O3/c1-12(20(28)26-8-6-21(4-5-21)7-9-26)23-18(27)15-10-13-11-16(22)25-19(17(13)24-15)29-14-2-3-14/h10-12,14,24H,2-9H2,1H3,(H,23,27)/t12-/m1/s1. The number of aromatic amines is 1. The molecule has 2 aromatic rings. The molecule has 2 saturated carbocycles. The maximum Gasteiger partial charge on any atom is 0.268 e. The molecule has 5 rings (SSSR count). The molecule has 0 unspecified atom stereocenters. The summed E-state index contributed by atoms with van der Waals surface area (Å²) in [6, 6.07) is 2.83. The molecule has 154 valence electrons. The van der Waals surface area contributed by atoms with E-state index in [1.54, 1.807) is 19.1 Å². The van der Waals surface area contributed by atoms with Crippen LogP contribution in [-0.2, 0) is 4.79 Å². The molecule has 2 N–H and O–H groups in total. The highest BCUT2D eigenvalue weighted by atomic mass is 35.5. The highest BCUT2D eigenvalue weighted by Gasteiger charge is 2.45. The fourth-order valence-electron chi connectivity index (χ4n) is 4.11. The Balaban J connectivity index is 1.27. The summed E-state index contributed by atoms with van der Waals surface area (Å²) in [5, 5.41) is 3.90. The summed E-state index contributed by atoms with van der Waals surface area (Å²) in [5.41, 5.74) is 1.53. The van der Waals surface area contributed by atoms with Crippen molar-refractivity contribution in [2.45, 2.75) is 57.6 Å². The Morgan fingerprint density at radius 1 is 1.28 bits per heavy atom. The van der Waals surface area contributed by atoms with Crippen LogP contribution in [-0.4, -0.2) is 51.9 Å². The number of hydrogen-bond acceptors (Lipinski definition) is 4. The Morgan fingerprint density at radius 2 is 2.00 bits per heavy atom. The van der Waals surface area contributed by atoms with Crippen LogP contribution in [0.1, 0.15) is 55.9 Å². The van der Waals surface area contributed by atoms with Gasteiger partial charge < -0.3 is 19.9 Å². The van der Waals surface area contributed by atoms with Crippen molar-refractivity contribution in [2.24, 2.45) is 5.41 Å². The number of hydrogen-bond donors (Lipinski definition) is 2. The van der Waals surface area contributed by atoms with Crippen LogP contribution in [0, 0.1) is 5.41 Å². The third-order valence-corrected chi connectivity index (χ3v) is 6.60. The predicted octanol–water partition coefficient (Wildman–Crippen LogP) is 3.28. The summed E-state index contributed by atoms with van der Waals surface area (Å²) < 4.78 is 5.81. The Kier molecular flexibility index (Phi) is 4.46. The highest BCUT2D eigenvalue weighted by Crippen LogP contribution is 2.53. The van der Waals surface area contributed by atoms with Gasteiger partial charge in [-0.2, -0.15) is 4.98 Å². The van der Waals surface area contributed by atoms with Gasteiger partial charge in [0.25, 0.3) is 5.91 Å². The van der Waals surface area contributed by atoms with E-state index in [0.717, 1.165) is 44.2 Å². The topological polar surface area (TPSA) is 87.3 Å². The van der Waals surface area contributed by atoms with Crippen LogP contribution in [0.4, 0.5) is 0 Å². The smallest absolute Gasteiger partial charge is 0.268 e. The van der Waals surface area contributed by atoms with Gasteiger partial charge in [-0.15, -0.1) is 0 Å². The van der Waals surface area contributed by atoms with Crippen molar-refractivity contribution in [3.8, 4) is 5.88 Å². The number of aromatic nitrogens is 2. The third-order valence-electron chi connectivity index (χ3n) is 6.40. The number of piperidine rings is 1. The largest absolute Gasteiger partial charge is 0.473 e. The number of halogens is 1. The predicted molar refractivity (Wildman–Crippen MR) is 109 cm³/mol. The zero-order valence-electron chi connectivity index (χ0n) is 16.5. The van der Waals surface area contributed by atoms with Gasteiger partial charge in [0.1, 0.15) is 28.5 Å². The number of likely N-dealkylation sites (tertiary alicyclic amines) is 1. The van der Waals surface area contributed by atoms with Gasteiger partial charge in [0.05, 0.1) is 0 Å². The quantitative estimate of drug-likeness (QED) is 0.732. The summed E-state index contributed by atoms with van der Waals surface area (Å²) in [6.07, 6.45) is 6.93. The fraction of sp³-hybridized carbons (Fsp3) is 0.571. The molecule has 0 bridgehead atoms. The number of nitrogens with one attached hydrogen (secondary N) is 2. The number of fused-ring (bicyclic) bond motifs is 1. The number of ether oxygens (including phenoxy) is 1. The lowest BCUT2D eigenvalue weighted by molar-refractivity contribution is -0.134. The summed E-state index contributed by atoms with van der Waals surface area (Å²) in [6.45, 7) is 3.32. The van der Waals surface area contributed by atoms with E-state index in [-0.39, 0.29) is 17.9 Å². The van der Waals surface area contributed by atoms with Crippen molar-refractivity contribution in [1.82, 2.24) is 20.2 Å². The minimum Gasteiger partial charge on any atom is -0.473 e. The second kappa shape index (κ2) is 6.90. The summed E-state index contributed by atoms with van der Waals surface area (Å²) in [7, 11) is 0. The minimum absolute atomic E-state index is 0.0209. The van der Waals surface area contributed by atoms with Crippen LogP contribution in [0.3, 0.4) is 0 Å². The van der Waals surface area contributed by atoms with Gasteiger partial charge in [0.2, 0.25) is 11.8 Å². The SMILES string of the molecule is C[C@@H](NC(=O)c1cc2cc(Cl)nc(OC3CC3)c2[nH]1)C(=O)N1CCC2(CC1)CC2. The first-order valence-corrected chi connectivity index (χ1v) is 10.8. The molecule has 2 amide bonds. The molecule has 1 saturated heterocycles. The zero-order valence-corrected chi connectivity index (χ0v) is 17.2. The van der Waals surface area contributed by atoms with E-state index in [1.165, 1.54) is 12.8 Å². The number of pyridine rings is 1. The average molecular weight is 417 g/mol. The number of H-pyrrole nitrogens is 1. The first kappa shape index (κ1) is 18.7. The molecule has 0 aromatic carbocycles. The number of carbonyl (C=O) groups is 2. The second-order valence-corrected chi connectivity index (χ2v) is 9.12. The Morgan fingerprint density at radius 3 is 2.66 bits per heavy atom. The number of rotatable bonds is 5. The van der Waals surface area contributed by atoms with E-state index in [1.807, 2.05) is 4.90 Å². The lowest BCUT2D eigenvalue weighted by atomic mass is 9.93. The summed E-state index contributed by atoms with van der Waals surface area (Å²) in [4.78, 5) is 34.7. The van der Waals surface area contributed by atoms with E-state index in [9.17, 15) is 9.59 Å². The monoisotopic (exact) mass is 416 g/mol. The van der Waals surface area contributed by atoms with Crippen LogP contribution < -0.4 is 10.1 Å². The first-order valence-electron chi connectivity index (χ1n) is 10.4. The van der Waals surface area contributed by atoms with Crippen molar-refractivity contribution >= 4 is 34.3 Å². The number of amides is 2. The molecular formula is C21H25ClN4O3. The molecule has 8 heteroatoms.